The minimum atomic E-state index is 0.163. The van der Waals surface area contributed by atoms with E-state index in [1.165, 1.54) is 0 Å². The quantitative estimate of drug-likeness (QED) is 0.429. The monoisotopic (exact) mass is 200 g/mol. The van der Waals surface area contributed by atoms with Gasteiger partial charge in [-0.3, -0.25) is 5.01 Å². The lowest BCUT2D eigenvalue weighted by Crippen LogP contribution is -2.29. The Morgan fingerprint density at radius 3 is 2.00 bits per heavy atom. The summed E-state index contributed by atoms with van der Waals surface area (Å²) in [7, 11) is 1.91. The van der Waals surface area contributed by atoms with Crippen LogP contribution >= 0.6 is 0 Å². The van der Waals surface area contributed by atoms with Crippen LogP contribution in [0.2, 0.25) is 0 Å². The molecule has 0 radical (unpaired) electrons. The van der Waals surface area contributed by atoms with Gasteiger partial charge in [-0.15, -0.1) is 13.2 Å². The summed E-state index contributed by atoms with van der Waals surface area (Å²) in [4.78, 5) is 0. The predicted molar refractivity (Wildman–Crippen MR) is 63.6 cm³/mol. The molecule has 1 saturated carbocycles. The van der Waals surface area contributed by atoms with Crippen molar-refractivity contribution in [3.8, 4) is 0 Å². The topological polar surface area (TPSA) is 35.8 Å². The van der Waals surface area contributed by atoms with E-state index in [0.717, 1.165) is 19.3 Å². The highest BCUT2D eigenvalue weighted by Gasteiger charge is 2.45. The van der Waals surface area contributed by atoms with Crippen LogP contribution in [0, 0.1) is 0 Å². The van der Waals surface area contributed by atoms with E-state index in [2.05, 4.69) is 25.0 Å². The average molecular weight is 200 g/mol. The second-order valence-corrected chi connectivity index (χ2v) is 2.86. The zero-order valence-corrected chi connectivity index (χ0v) is 9.79. The zero-order valence-electron chi connectivity index (χ0n) is 9.79. The molecular weight excluding hydrogens is 176 g/mol. The Labute approximate surface area is 88.1 Å². The van der Waals surface area contributed by atoms with Gasteiger partial charge in [0.1, 0.15) is 0 Å². The van der Waals surface area contributed by atoms with E-state index in [4.69, 9.17) is 5.11 Å². The van der Waals surface area contributed by atoms with E-state index < -0.39 is 0 Å². The maximum Gasteiger partial charge on any atom is 0.0599 e. The minimum absolute atomic E-state index is 0.163. The molecule has 0 aliphatic heterocycles. The zero-order chi connectivity index (χ0) is 11.6. The van der Waals surface area contributed by atoms with Gasteiger partial charge in [0.15, 0.2) is 0 Å². The highest BCUT2D eigenvalue weighted by Crippen LogP contribution is 2.43. The lowest BCUT2D eigenvalue weighted by atomic mass is 10.2. The van der Waals surface area contributed by atoms with Crippen LogP contribution in [0.4, 0.5) is 0 Å². The molecule has 0 amide bonds. The number of aliphatic hydroxyl groups is 1. The fourth-order valence-electron chi connectivity index (χ4n) is 1.24. The van der Waals surface area contributed by atoms with Crippen LogP contribution in [0.15, 0.2) is 18.3 Å². The van der Waals surface area contributed by atoms with Crippen molar-refractivity contribution < 1.29 is 5.11 Å². The van der Waals surface area contributed by atoms with Gasteiger partial charge < -0.3 is 5.11 Å². The van der Waals surface area contributed by atoms with E-state index in [1.54, 1.807) is 0 Å². The van der Waals surface area contributed by atoms with E-state index in [-0.39, 0.29) is 12.1 Å². The van der Waals surface area contributed by atoms with Crippen molar-refractivity contribution in [3.05, 3.63) is 13.2 Å². The largest absolute Gasteiger partial charge is 0.396 e. The van der Waals surface area contributed by atoms with Gasteiger partial charge in [-0.25, -0.2) is 0 Å². The number of nitrogens with zero attached hydrogens (tertiary/aromatic N) is 2. The molecular formula is C11H24N2O. The van der Waals surface area contributed by atoms with Crippen molar-refractivity contribution in [2.24, 2.45) is 5.10 Å². The van der Waals surface area contributed by atoms with Crippen LogP contribution in [0.25, 0.3) is 0 Å². The molecule has 0 spiro atoms. The Bertz CT molecular complexity index is 144. The lowest BCUT2D eigenvalue weighted by molar-refractivity contribution is 0.174. The molecule has 0 aromatic rings. The van der Waals surface area contributed by atoms with Crippen LogP contribution in [0.5, 0.6) is 0 Å². The van der Waals surface area contributed by atoms with Gasteiger partial charge in [0, 0.05) is 20.4 Å². The fourth-order valence-corrected chi connectivity index (χ4v) is 1.24. The number of hydrogen-bond donors (Lipinski definition) is 1. The summed E-state index contributed by atoms with van der Waals surface area (Å²) < 4.78 is 0. The Balaban J connectivity index is 0. The summed E-state index contributed by atoms with van der Waals surface area (Å²) in [6.45, 7) is 13.7. The second-order valence-electron chi connectivity index (χ2n) is 2.86. The van der Waals surface area contributed by atoms with Crippen molar-refractivity contribution in [1.29, 1.82) is 0 Å². The van der Waals surface area contributed by atoms with E-state index in [9.17, 15) is 0 Å². The first-order chi connectivity index (χ1) is 6.75. The van der Waals surface area contributed by atoms with Crippen LogP contribution in [0.1, 0.15) is 33.1 Å². The molecule has 0 unspecified atom stereocenters. The fraction of sp³-hybridized carbons (Fsp3) is 0.727. The molecule has 1 rings (SSSR count). The third kappa shape index (κ3) is 4.42. The number of hydrogen-bond acceptors (Lipinski definition) is 3. The van der Waals surface area contributed by atoms with Crippen molar-refractivity contribution >= 4 is 6.72 Å². The minimum Gasteiger partial charge on any atom is -0.396 e. The van der Waals surface area contributed by atoms with Crippen molar-refractivity contribution in [2.45, 2.75) is 38.6 Å². The summed E-state index contributed by atoms with van der Waals surface area (Å²) in [6.07, 6.45) is 3.11. The summed E-state index contributed by atoms with van der Waals surface area (Å²) >= 11 is 0. The Kier molecular flexibility index (Phi) is 9.78. The maximum absolute atomic E-state index is 8.70. The smallest absolute Gasteiger partial charge is 0.0599 e. The molecule has 3 heteroatoms. The predicted octanol–water partition coefficient (Wildman–Crippen LogP) is 2.28. The Morgan fingerprint density at radius 2 is 1.79 bits per heavy atom. The third-order valence-electron chi connectivity index (χ3n) is 2.30. The molecule has 0 saturated heterocycles. The molecule has 1 aliphatic rings. The van der Waals surface area contributed by atoms with Gasteiger partial charge in [0.25, 0.3) is 0 Å². The van der Waals surface area contributed by atoms with E-state index in [0.29, 0.717) is 0 Å². The van der Waals surface area contributed by atoms with Gasteiger partial charge in [0.2, 0.25) is 0 Å². The van der Waals surface area contributed by atoms with Gasteiger partial charge in [0.05, 0.1) is 5.54 Å². The van der Waals surface area contributed by atoms with Gasteiger partial charge >= 0.3 is 0 Å². The first-order valence-corrected chi connectivity index (χ1v) is 5.06. The maximum atomic E-state index is 8.70. The molecule has 1 N–H and O–H groups in total. The van der Waals surface area contributed by atoms with Crippen LogP contribution in [-0.4, -0.2) is 36.0 Å². The number of aliphatic hydroxyl groups excluding tert-OH is 1. The van der Waals surface area contributed by atoms with Crippen LogP contribution < -0.4 is 0 Å². The van der Waals surface area contributed by atoms with Crippen LogP contribution in [-0.2, 0) is 0 Å². The number of rotatable bonds is 4. The lowest BCUT2D eigenvalue weighted by Gasteiger charge is -2.23. The Hall–Kier alpha value is -0.830. The molecule has 1 aliphatic carbocycles. The van der Waals surface area contributed by atoms with E-state index in [1.807, 2.05) is 25.9 Å². The summed E-state index contributed by atoms with van der Waals surface area (Å²) in [5, 5.41) is 14.4. The summed E-state index contributed by atoms with van der Waals surface area (Å²) in [6, 6.07) is 0. The molecule has 0 bridgehead atoms. The van der Waals surface area contributed by atoms with Crippen LogP contribution in [0.3, 0.4) is 0 Å². The van der Waals surface area contributed by atoms with Gasteiger partial charge in [-0.1, -0.05) is 13.8 Å². The third-order valence-corrected chi connectivity index (χ3v) is 2.30. The molecule has 0 atom stereocenters. The van der Waals surface area contributed by atoms with Gasteiger partial charge in [-0.2, -0.15) is 5.10 Å². The highest BCUT2D eigenvalue weighted by atomic mass is 16.3. The number of hydrazone groups is 1. The molecule has 0 aromatic carbocycles. The van der Waals surface area contributed by atoms with E-state index >= 15 is 0 Å². The SMILES string of the molecule is C=C.C=NN(C)C1(CCO)CC1.CC. The molecule has 0 aromatic heterocycles. The molecule has 3 nitrogen and oxygen atoms in total. The average Bonchev–Trinajstić information content (AvgIpc) is 3.04. The van der Waals surface area contributed by atoms with Crippen molar-refractivity contribution in [3.63, 3.8) is 0 Å². The highest BCUT2D eigenvalue weighted by molar-refractivity contribution is 5.23. The second kappa shape index (κ2) is 8.75. The van der Waals surface area contributed by atoms with Crippen molar-refractivity contribution in [1.82, 2.24) is 5.01 Å². The normalized spacial score (nSPS) is 15.1. The molecule has 0 heterocycles. The first kappa shape index (κ1) is 15.6. The summed E-state index contributed by atoms with van der Waals surface area (Å²) in [5.41, 5.74) is 0.163. The van der Waals surface area contributed by atoms with Crippen molar-refractivity contribution in [2.75, 3.05) is 13.7 Å². The summed E-state index contributed by atoms with van der Waals surface area (Å²) in [5.74, 6) is 0. The Morgan fingerprint density at radius 1 is 1.36 bits per heavy atom. The molecule has 1 fully saturated rings. The van der Waals surface area contributed by atoms with Gasteiger partial charge in [-0.05, 0) is 19.3 Å². The molecule has 14 heavy (non-hydrogen) atoms. The first-order valence-electron chi connectivity index (χ1n) is 5.06. The standard InChI is InChI=1S/C7H14N2O.C2H6.C2H4/c1-8-9(2)7(3-4-7)5-6-10;2*1-2/h10H,1,3-6H2,2H3;1-2H3;1-2H2. The molecule has 84 valence electrons.